The number of fused-ring (bicyclic) bond motifs is 1. The van der Waals surface area contributed by atoms with Crippen LogP contribution < -0.4 is 19.3 Å². The van der Waals surface area contributed by atoms with E-state index in [9.17, 15) is 4.79 Å². The summed E-state index contributed by atoms with van der Waals surface area (Å²) in [6, 6.07) is 23.2. The number of ether oxygens (including phenoxy) is 2. The largest absolute Gasteiger partial charge is 0.493 e. The molecular weight excluding hydrogens is 442 g/mol. The number of carbonyl (C=O) groups excluding carboxylic acids is 1. The maximum atomic E-state index is 13.7. The standard InChI is InChI=1S/C27H27N5O3/c1-34-24-17-22-23(18-25(24)35-2)28-19-29-26(22)30-13-15-31(16-14-30)27(33)32(20-9-5-3-6-10-20)21-11-7-4-8-12-21/h3-12,17-19H,13-16H2,1-2H3. The molecule has 178 valence electrons. The Morgan fingerprint density at radius 1 is 0.800 bits per heavy atom. The van der Waals surface area contributed by atoms with Gasteiger partial charge < -0.3 is 19.3 Å². The summed E-state index contributed by atoms with van der Waals surface area (Å²) in [7, 11) is 3.22. The molecule has 0 spiro atoms. The Morgan fingerprint density at radius 3 is 1.94 bits per heavy atom. The van der Waals surface area contributed by atoms with Gasteiger partial charge in [-0.25, -0.2) is 14.8 Å². The van der Waals surface area contributed by atoms with Gasteiger partial charge in [0.05, 0.1) is 31.1 Å². The first-order valence-corrected chi connectivity index (χ1v) is 11.5. The molecule has 8 heteroatoms. The lowest BCUT2D eigenvalue weighted by atomic mass is 10.2. The highest BCUT2D eigenvalue weighted by Gasteiger charge is 2.28. The molecule has 0 saturated carbocycles. The van der Waals surface area contributed by atoms with Gasteiger partial charge in [-0.3, -0.25) is 4.90 Å². The van der Waals surface area contributed by atoms with Crippen molar-refractivity contribution in [1.82, 2.24) is 14.9 Å². The second-order valence-corrected chi connectivity index (χ2v) is 8.18. The first-order valence-electron chi connectivity index (χ1n) is 11.5. The van der Waals surface area contributed by atoms with Crippen LogP contribution in [0, 0.1) is 0 Å². The van der Waals surface area contributed by atoms with Crippen LogP contribution in [0.25, 0.3) is 10.9 Å². The van der Waals surface area contributed by atoms with Crippen molar-refractivity contribution in [2.45, 2.75) is 0 Å². The molecule has 8 nitrogen and oxygen atoms in total. The average Bonchev–Trinajstić information content (AvgIpc) is 2.93. The van der Waals surface area contributed by atoms with E-state index in [1.165, 1.54) is 0 Å². The van der Waals surface area contributed by atoms with Gasteiger partial charge in [0.25, 0.3) is 0 Å². The Labute approximate surface area is 204 Å². The molecular formula is C27H27N5O3. The number of piperazine rings is 1. The molecule has 1 saturated heterocycles. The van der Waals surface area contributed by atoms with E-state index in [0.717, 1.165) is 28.1 Å². The van der Waals surface area contributed by atoms with E-state index < -0.39 is 0 Å². The first-order chi connectivity index (χ1) is 17.2. The third-order valence-corrected chi connectivity index (χ3v) is 6.19. The molecule has 0 unspecified atom stereocenters. The van der Waals surface area contributed by atoms with Crippen LogP contribution in [0.5, 0.6) is 11.5 Å². The lowest BCUT2D eigenvalue weighted by molar-refractivity contribution is 0.203. The maximum absolute atomic E-state index is 13.7. The summed E-state index contributed by atoms with van der Waals surface area (Å²) in [5, 5.41) is 0.889. The minimum atomic E-state index is -0.0407. The number of carbonyl (C=O) groups is 1. The number of para-hydroxylation sites is 2. The zero-order valence-electron chi connectivity index (χ0n) is 19.8. The Bertz CT molecular complexity index is 1270. The Hall–Kier alpha value is -4.33. The fourth-order valence-electron chi connectivity index (χ4n) is 4.40. The molecule has 1 aliphatic rings. The van der Waals surface area contributed by atoms with E-state index in [-0.39, 0.29) is 6.03 Å². The van der Waals surface area contributed by atoms with Gasteiger partial charge in [0, 0.05) is 37.6 Å². The van der Waals surface area contributed by atoms with Crippen LogP contribution in [0.3, 0.4) is 0 Å². The molecule has 4 aromatic rings. The number of anilines is 3. The Balaban J connectivity index is 1.38. The quantitative estimate of drug-likeness (QED) is 0.421. The lowest BCUT2D eigenvalue weighted by Crippen LogP contribution is -2.52. The van der Waals surface area contributed by atoms with Crippen molar-refractivity contribution in [2.75, 3.05) is 50.2 Å². The van der Waals surface area contributed by atoms with Crippen LogP contribution in [0.15, 0.2) is 79.1 Å². The van der Waals surface area contributed by atoms with Crippen molar-refractivity contribution in [3.05, 3.63) is 79.1 Å². The Kier molecular flexibility index (Phi) is 6.34. The van der Waals surface area contributed by atoms with Gasteiger partial charge in [-0.1, -0.05) is 36.4 Å². The van der Waals surface area contributed by atoms with E-state index in [1.54, 1.807) is 25.4 Å². The molecule has 0 aliphatic carbocycles. The van der Waals surface area contributed by atoms with Gasteiger partial charge in [-0.2, -0.15) is 0 Å². The van der Waals surface area contributed by atoms with Gasteiger partial charge in [-0.05, 0) is 30.3 Å². The molecule has 2 amide bonds. The number of hydrogen-bond donors (Lipinski definition) is 0. The highest BCUT2D eigenvalue weighted by molar-refractivity contribution is 5.99. The van der Waals surface area contributed by atoms with Crippen molar-refractivity contribution < 1.29 is 14.3 Å². The Morgan fingerprint density at radius 2 is 1.37 bits per heavy atom. The van der Waals surface area contributed by atoms with Crippen molar-refractivity contribution in [2.24, 2.45) is 0 Å². The number of hydrogen-bond acceptors (Lipinski definition) is 6. The first kappa shape index (κ1) is 22.5. The van der Waals surface area contributed by atoms with Crippen molar-refractivity contribution >= 4 is 34.1 Å². The van der Waals surface area contributed by atoms with E-state index in [1.807, 2.05) is 77.7 Å². The van der Waals surface area contributed by atoms with Gasteiger partial charge in [-0.15, -0.1) is 0 Å². The zero-order chi connectivity index (χ0) is 24.2. The van der Waals surface area contributed by atoms with Crippen LogP contribution in [0.2, 0.25) is 0 Å². The van der Waals surface area contributed by atoms with Crippen LogP contribution in [0.4, 0.5) is 22.0 Å². The molecule has 1 fully saturated rings. The number of aromatic nitrogens is 2. The maximum Gasteiger partial charge on any atom is 0.329 e. The van der Waals surface area contributed by atoms with E-state index in [0.29, 0.717) is 37.7 Å². The zero-order valence-corrected chi connectivity index (χ0v) is 19.8. The second kappa shape index (κ2) is 9.89. The normalized spacial score (nSPS) is 13.5. The molecule has 5 rings (SSSR count). The van der Waals surface area contributed by atoms with Crippen molar-refractivity contribution in [3.8, 4) is 11.5 Å². The number of nitrogens with zero attached hydrogens (tertiary/aromatic N) is 5. The van der Waals surface area contributed by atoms with E-state index in [4.69, 9.17) is 9.47 Å². The van der Waals surface area contributed by atoms with Crippen LogP contribution in [-0.4, -0.2) is 61.3 Å². The highest BCUT2D eigenvalue weighted by atomic mass is 16.5. The van der Waals surface area contributed by atoms with Gasteiger partial charge in [0.2, 0.25) is 0 Å². The molecule has 0 radical (unpaired) electrons. The molecule has 3 aromatic carbocycles. The number of rotatable bonds is 5. The van der Waals surface area contributed by atoms with E-state index in [2.05, 4.69) is 14.9 Å². The van der Waals surface area contributed by atoms with Gasteiger partial charge >= 0.3 is 6.03 Å². The summed E-state index contributed by atoms with van der Waals surface area (Å²) in [6.45, 7) is 2.47. The molecule has 0 bridgehead atoms. The highest BCUT2D eigenvalue weighted by Crippen LogP contribution is 2.35. The minimum absolute atomic E-state index is 0.0407. The number of amides is 2. The summed E-state index contributed by atoms with van der Waals surface area (Å²) in [4.78, 5) is 28.5. The number of urea groups is 1. The summed E-state index contributed by atoms with van der Waals surface area (Å²) in [5.41, 5.74) is 2.47. The minimum Gasteiger partial charge on any atom is -0.493 e. The second-order valence-electron chi connectivity index (χ2n) is 8.18. The average molecular weight is 470 g/mol. The topological polar surface area (TPSA) is 71.0 Å². The molecule has 2 heterocycles. The fraction of sp³-hybridized carbons (Fsp3) is 0.222. The molecule has 0 atom stereocenters. The van der Waals surface area contributed by atoms with Crippen molar-refractivity contribution in [1.29, 1.82) is 0 Å². The lowest BCUT2D eigenvalue weighted by Gasteiger charge is -2.38. The van der Waals surface area contributed by atoms with Crippen molar-refractivity contribution in [3.63, 3.8) is 0 Å². The summed E-state index contributed by atoms with van der Waals surface area (Å²) in [5.74, 6) is 2.08. The van der Waals surface area contributed by atoms with Crippen LogP contribution in [-0.2, 0) is 0 Å². The number of benzene rings is 3. The summed E-state index contributed by atoms with van der Waals surface area (Å²) >= 11 is 0. The van der Waals surface area contributed by atoms with Crippen LogP contribution in [0.1, 0.15) is 0 Å². The molecule has 0 N–H and O–H groups in total. The SMILES string of the molecule is COc1cc2ncnc(N3CCN(C(=O)N(c4ccccc4)c4ccccc4)CC3)c2cc1OC. The van der Waals surface area contributed by atoms with Crippen LogP contribution >= 0.6 is 0 Å². The fourth-order valence-corrected chi connectivity index (χ4v) is 4.40. The molecule has 1 aromatic heterocycles. The molecule has 1 aliphatic heterocycles. The summed E-state index contributed by atoms with van der Waals surface area (Å²) < 4.78 is 10.9. The predicted molar refractivity (Wildman–Crippen MR) is 137 cm³/mol. The van der Waals surface area contributed by atoms with E-state index >= 15 is 0 Å². The van der Waals surface area contributed by atoms with Gasteiger partial charge in [0.15, 0.2) is 11.5 Å². The number of methoxy groups -OCH3 is 2. The monoisotopic (exact) mass is 469 g/mol. The molecule has 35 heavy (non-hydrogen) atoms. The third kappa shape index (κ3) is 4.42. The third-order valence-electron chi connectivity index (χ3n) is 6.19. The van der Waals surface area contributed by atoms with Gasteiger partial charge in [0.1, 0.15) is 12.1 Å². The summed E-state index contributed by atoms with van der Waals surface area (Å²) in [6.07, 6.45) is 1.56. The predicted octanol–water partition coefficient (Wildman–Crippen LogP) is 4.73. The smallest absolute Gasteiger partial charge is 0.329 e.